The molecule has 1 N–H and O–H groups in total. The highest BCUT2D eigenvalue weighted by Crippen LogP contribution is 2.32. The van der Waals surface area contributed by atoms with Crippen LogP contribution in [0.5, 0.6) is 0 Å². The molecule has 0 amide bonds. The van der Waals surface area contributed by atoms with Gasteiger partial charge in [0.25, 0.3) is 0 Å². The summed E-state index contributed by atoms with van der Waals surface area (Å²) in [7, 11) is 0. The van der Waals surface area contributed by atoms with Crippen molar-refractivity contribution < 1.29 is 0 Å². The summed E-state index contributed by atoms with van der Waals surface area (Å²) in [4.78, 5) is 0. The van der Waals surface area contributed by atoms with Gasteiger partial charge in [-0.1, -0.05) is 46.0 Å². The molecule has 0 saturated heterocycles. The first kappa shape index (κ1) is 13.4. The Balaban J connectivity index is 1.82. The van der Waals surface area contributed by atoms with E-state index in [9.17, 15) is 0 Å². The maximum absolute atomic E-state index is 3.97. The van der Waals surface area contributed by atoms with Gasteiger partial charge in [0, 0.05) is 12.1 Å². The summed E-state index contributed by atoms with van der Waals surface area (Å²) >= 11 is 0. The first-order valence-electron chi connectivity index (χ1n) is 7.94. The molecule has 0 aromatic heterocycles. The molecule has 3 unspecified atom stereocenters. The van der Waals surface area contributed by atoms with E-state index >= 15 is 0 Å². The van der Waals surface area contributed by atoms with Gasteiger partial charge in [-0.15, -0.1) is 0 Å². The smallest absolute Gasteiger partial charge is 0.00978 e. The quantitative estimate of drug-likeness (QED) is 0.768. The van der Waals surface area contributed by atoms with E-state index in [-0.39, 0.29) is 0 Å². The predicted molar refractivity (Wildman–Crippen MR) is 75.1 cm³/mol. The lowest BCUT2D eigenvalue weighted by Gasteiger charge is -2.39. The van der Waals surface area contributed by atoms with E-state index in [4.69, 9.17) is 0 Å². The second-order valence-electron chi connectivity index (χ2n) is 6.73. The molecule has 0 aromatic rings. The van der Waals surface area contributed by atoms with Crippen LogP contribution in [0.1, 0.15) is 72.1 Å². The third kappa shape index (κ3) is 3.47. The molecular formula is C16H31N. The van der Waals surface area contributed by atoms with Crippen LogP contribution >= 0.6 is 0 Å². The van der Waals surface area contributed by atoms with Gasteiger partial charge in [0.05, 0.1) is 0 Å². The van der Waals surface area contributed by atoms with Crippen molar-refractivity contribution in [1.82, 2.24) is 5.32 Å². The Bertz CT molecular complexity index is 220. The first-order valence-corrected chi connectivity index (χ1v) is 7.94. The third-order valence-electron chi connectivity index (χ3n) is 5.54. The van der Waals surface area contributed by atoms with Gasteiger partial charge in [-0.25, -0.2) is 0 Å². The largest absolute Gasteiger partial charge is 0.311 e. The van der Waals surface area contributed by atoms with Crippen LogP contribution in [0.15, 0.2) is 0 Å². The van der Waals surface area contributed by atoms with E-state index in [1.165, 1.54) is 51.4 Å². The fraction of sp³-hybridized carbons (Fsp3) is 1.00. The van der Waals surface area contributed by atoms with Gasteiger partial charge < -0.3 is 5.32 Å². The van der Waals surface area contributed by atoms with E-state index < -0.39 is 0 Å². The lowest BCUT2D eigenvalue weighted by Crippen LogP contribution is -2.47. The average Bonchev–Trinajstić information content (AvgIpc) is 2.36. The Kier molecular flexibility index (Phi) is 4.90. The van der Waals surface area contributed by atoms with Crippen LogP contribution in [0, 0.1) is 17.8 Å². The summed E-state index contributed by atoms with van der Waals surface area (Å²) in [6.07, 6.45) is 11.6. The molecule has 0 aromatic carbocycles. The molecule has 2 aliphatic carbocycles. The standard InChI is InChI=1S/C16H31N/c1-12-8-7-11-16(13(12)2)17-14(3)15-9-5-4-6-10-15/h12-17H,4-11H2,1-3H3/t12?,13?,14-,16?/m0/s1. The minimum absolute atomic E-state index is 0.744. The van der Waals surface area contributed by atoms with Crippen LogP contribution in [0.4, 0.5) is 0 Å². The normalized spacial score (nSPS) is 37.9. The van der Waals surface area contributed by atoms with Crippen LogP contribution in [-0.4, -0.2) is 12.1 Å². The van der Waals surface area contributed by atoms with Crippen molar-refractivity contribution >= 4 is 0 Å². The molecule has 2 fully saturated rings. The monoisotopic (exact) mass is 237 g/mol. The van der Waals surface area contributed by atoms with Crippen molar-refractivity contribution in [2.75, 3.05) is 0 Å². The van der Waals surface area contributed by atoms with Gasteiger partial charge in [-0.3, -0.25) is 0 Å². The predicted octanol–water partition coefficient (Wildman–Crippen LogP) is 4.37. The van der Waals surface area contributed by atoms with E-state index in [1.807, 2.05) is 0 Å². The lowest BCUT2D eigenvalue weighted by molar-refractivity contribution is 0.170. The zero-order valence-corrected chi connectivity index (χ0v) is 12.0. The molecule has 2 saturated carbocycles. The third-order valence-corrected chi connectivity index (χ3v) is 5.54. The molecule has 2 aliphatic rings. The summed E-state index contributed by atoms with van der Waals surface area (Å²) in [6.45, 7) is 7.32. The first-order chi connectivity index (χ1) is 8.18. The summed E-state index contributed by atoms with van der Waals surface area (Å²) in [5.74, 6) is 2.74. The highest BCUT2D eigenvalue weighted by Gasteiger charge is 2.29. The topological polar surface area (TPSA) is 12.0 Å². The molecule has 1 heteroatoms. The second kappa shape index (κ2) is 6.22. The molecule has 0 radical (unpaired) electrons. The van der Waals surface area contributed by atoms with Crippen LogP contribution in [0.25, 0.3) is 0 Å². The van der Waals surface area contributed by atoms with Crippen LogP contribution in [-0.2, 0) is 0 Å². The molecule has 0 spiro atoms. The SMILES string of the molecule is CC1CCCC(N[C@@H](C)C2CCCCC2)C1C. The number of rotatable bonds is 3. The second-order valence-corrected chi connectivity index (χ2v) is 6.73. The van der Waals surface area contributed by atoms with Gasteiger partial charge >= 0.3 is 0 Å². The van der Waals surface area contributed by atoms with Crippen molar-refractivity contribution in [3.8, 4) is 0 Å². The van der Waals surface area contributed by atoms with E-state index in [2.05, 4.69) is 26.1 Å². The van der Waals surface area contributed by atoms with E-state index in [1.54, 1.807) is 0 Å². The Hall–Kier alpha value is -0.0400. The van der Waals surface area contributed by atoms with Gasteiger partial charge in [0.2, 0.25) is 0 Å². The van der Waals surface area contributed by atoms with Crippen molar-refractivity contribution in [2.45, 2.75) is 84.2 Å². The van der Waals surface area contributed by atoms with Crippen molar-refractivity contribution in [2.24, 2.45) is 17.8 Å². The van der Waals surface area contributed by atoms with Crippen molar-refractivity contribution in [3.05, 3.63) is 0 Å². The minimum atomic E-state index is 0.744. The zero-order chi connectivity index (χ0) is 12.3. The van der Waals surface area contributed by atoms with Gasteiger partial charge in [-0.2, -0.15) is 0 Å². The maximum atomic E-state index is 3.97. The van der Waals surface area contributed by atoms with Crippen LogP contribution < -0.4 is 5.32 Å². The highest BCUT2D eigenvalue weighted by atomic mass is 15.0. The Morgan fingerprint density at radius 1 is 0.882 bits per heavy atom. The fourth-order valence-corrected chi connectivity index (χ4v) is 3.93. The summed E-state index contributed by atoms with van der Waals surface area (Å²) < 4.78 is 0. The molecule has 0 heterocycles. The van der Waals surface area contributed by atoms with Crippen LogP contribution in [0.2, 0.25) is 0 Å². The fourth-order valence-electron chi connectivity index (χ4n) is 3.93. The molecule has 2 rings (SSSR count). The zero-order valence-electron chi connectivity index (χ0n) is 12.0. The van der Waals surface area contributed by atoms with Gasteiger partial charge in [0.1, 0.15) is 0 Å². The number of nitrogens with one attached hydrogen (secondary N) is 1. The Morgan fingerprint density at radius 3 is 2.29 bits per heavy atom. The lowest BCUT2D eigenvalue weighted by atomic mass is 9.77. The highest BCUT2D eigenvalue weighted by molar-refractivity contribution is 4.86. The summed E-state index contributed by atoms with van der Waals surface area (Å²) in [5.41, 5.74) is 0. The summed E-state index contributed by atoms with van der Waals surface area (Å²) in [5, 5.41) is 3.97. The summed E-state index contributed by atoms with van der Waals surface area (Å²) in [6, 6.07) is 1.53. The van der Waals surface area contributed by atoms with Crippen LogP contribution in [0.3, 0.4) is 0 Å². The molecule has 0 aliphatic heterocycles. The number of hydrogen-bond acceptors (Lipinski definition) is 1. The molecule has 1 nitrogen and oxygen atoms in total. The Morgan fingerprint density at radius 2 is 1.59 bits per heavy atom. The Labute approximate surface area is 108 Å². The average molecular weight is 237 g/mol. The van der Waals surface area contributed by atoms with Crippen molar-refractivity contribution in [1.29, 1.82) is 0 Å². The molecule has 17 heavy (non-hydrogen) atoms. The molecule has 0 bridgehead atoms. The maximum Gasteiger partial charge on any atom is 0.00978 e. The van der Waals surface area contributed by atoms with Crippen molar-refractivity contribution in [3.63, 3.8) is 0 Å². The molecular weight excluding hydrogens is 206 g/mol. The molecule has 100 valence electrons. The number of hydrogen-bond donors (Lipinski definition) is 1. The van der Waals surface area contributed by atoms with E-state index in [0.29, 0.717) is 0 Å². The van der Waals surface area contributed by atoms with Gasteiger partial charge in [0.15, 0.2) is 0 Å². The van der Waals surface area contributed by atoms with E-state index in [0.717, 1.165) is 29.8 Å². The van der Waals surface area contributed by atoms with Gasteiger partial charge in [-0.05, 0) is 43.9 Å². The minimum Gasteiger partial charge on any atom is -0.311 e. The molecule has 4 atom stereocenters.